The van der Waals surface area contributed by atoms with Crippen molar-refractivity contribution in [3.63, 3.8) is 0 Å². The van der Waals surface area contributed by atoms with Crippen molar-refractivity contribution in [2.75, 3.05) is 13.2 Å². The maximum absolute atomic E-state index is 13.5. The van der Waals surface area contributed by atoms with E-state index in [2.05, 4.69) is 117 Å². The highest BCUT2D eigenvalue weighted by Gasteiger charge is 2.48. The number of ketones is 1. The average molecular weight is 619 g/mol. The zero-order valence-corrected chi connectivity index (χ0v) is 32.7. The second-order valence-corrected chi connectivity index (χ2v) is 27.4. The second kappa shape index (κ2) is 14.7. The molecule has 0 N–H and O–H groups in total. The SMILES string of the molecule is CC(C)C1=C(CO[Si](C(C)C)(C(C)C)C(C)C)[C@@](C)(/C=C2\C(=O)CC[C@H]2[C@@H](C)CO[Si](C(C)C)(C(C)C)C(C)C)CC1. The Morgan fingerprint density at radius 3 is 1.62 bits per heavy atom. The predicted molar refractivity (Wildman–Crippen MR) is 188 cm³/mol. The predicted octanol–water partition coefficient (Wildman–Crippen LogP) is 11.7. The Morgan fingerprint density at radius 2 is 1.19 bits per heavy atom. The standard InChI is InChI=1S/C37H70O3Si2/c1-24(2)32-19-20-37(16,35(32)23-40-42(28(9)10,29(11)12)30(13)14)21-34-33(17-18-36(34)38)31(15)22-39-41(25(3)4,26(5)6)27(7)8/h21,24-31,33H,17-20,22-23H2,1-16H3/b34-21-/t31-,33-,37+/m0/s1. The fourth-order valence-corrected chi connectivity index (χ4v) is 20.6. The van der Waals surface area contributed by atoms with Crippen LogP contribution in [0, 0.1) is 23.2 Å². The molecule has 3 atom stereocenters. The fraction of sp³-hybridized carbons (Fsp3) is 0.865. The molecule has 0 aromatic heterocycles. The van der Waals surface area contributed by atoms with Crippen molar-refractivity contribution in [2.45, 2.75) is 170 Å². The molecule has 1 saturated carbocycles. The van der Waals surface area contributed by atoms with Crippen molar-refractivity contribution in [3.8, 4) is 0 Å². The summed E-state index contributed by atoms with van der Waals surface area (Å²) in [5, 5.41) is 0. The molecule has 1 fully saturated rings. The number of allylic oxidation sites excluding steroid dienone is 3. The average Bonchev–Trinajstić information content (AvgIpc) is 3.38. The van der Waals surface area contributed by atoms with E-state index in [1.165, 1.54) is 5.57 Å². The van der Waals surface area contributed by atoms with E-state index in [0.29, 0.717) is 57.3 Å². The summed E-state index contributed by atoms with van der Waals surface area (Å²) in [6.45, 7) is 39.3. The first-order valence-electron chi connectivity index (χ1n) is 17.6. The van der Waals surface area contributed by atoms with E-state index in [1.54, 1.807) is 5.57 Å². The summed E-state index contributed by atoms with van der Waals surface area (Å²) < 4.78 is 14.3. The highest BCUT2D eigenvalue weighted by Crippen LogP contribution is 2.51. The topological polar surface area (TPSA) is 35.5 Å². The van der Waals surface area contributed by atoms with Crippen LogP contribution in [0.4, 0.5) is 0 Å². The van der Waals surface area contributed by atoms with Crippen LogP contribution in [0.1, 0.15) is 136 Å². The van der Waals surface area contributed by atoms with E-state index in [4.69, 9.17) is 8.85 Å². The van der Waals surface area contributed by atoms with Gasteiger partial charge in [-0.25, -0.2) is 0 Å². The lowest BCUT2D eigenvalue weighted by molar-refractivity contribution is -0.114. The van der Waals surface area contributed by atoms with Crippen LogP contribution in [0.2, 0.25) is 33.2 Å². The van der Waals surface area contributed by atoms with Crippen LogP contribution in [-0.2, 0) is 13.6 Å². The van der Waals surface area contributed by atoms with Crippen molar-refractivity contribution < 1.29 is 13.6 Å². The van der Waals surface area contributed by atoms with Crippen molar-refractivity contribution in [1.29, 1.82) is 0 Å². The Kier molecular flexibility index (Phi) is 13.2. The molecule has 0 amide bonds. The number of rotatable bonds is 15. The Labute approximate surface area is 264 Å². The highest BCUT2D eigenvalue weighted by molar-refractivity contribution is 6.78. The molecule has 0 saturated heterocycles. The van der Waals surface area contributed by atoms with Crippen molar-refractivity contribution in [3.05, 3.63) is 22.8 Å². The van der Waals surface area contributed by atoms with E-state index >= 15 is 0 Å². The van der Waals surface area contributed by atoms with Gasteiger partial charge in [0.2, 0.25) is 8.32 Å². The molecule has 0 aliphatic heterocycles. The second-order valence-electron chi connectivity index (χ2n) is 16.5. The summed E-state index contributed by atoms with van der Waals surface area (Å²) in [5.74, 6) is 1.49. The van der Waals surface area contributed by atoms with Crippen molar-refractivity contribution in [1.82, 2.24) is 0 Å². The van der Waals surface area contributed by atoms with Crippen LogP contribution < -0.4 is 0 Å². The minimum absolute atomic E-state index is 0.120. The van der Waals surface area contributed by atoms with Crippen LogP contribution in [0.5, 0.6) is 0 Å². The molecule has 2 aliphatic rings. The first-order chi connectivity index (χ1) is 19.3. The molecule has 2 aliphatic carbocycles. The van der Waals surface area contributed by atoms with Gasteiger partial charge in [0.1, 0.15) is 0 Å². The molecule has 0 aromatic carbocycles. The molecule has 0 heterocycles. The van der Waals surface area contributed by atoms with E-state index in [0.717, 1.165) is 38.0 Å². The molecular formula is C37H70O3Si2. The Balaban J connectivity index is 2.44. The van der Waals surface area contributed by atoms with Crippen molar-refractivity contribution >= 4 is 22.4 Å². The zero-order chi connectivity index (χ0) is 32.4. The third-order valence-corrected chi connectivity index (χ3v) is 23.9. The first-order valence-corrected chi connectivity index (χ1v) is 21.8. The molecule has 0 radical (unpaired) electrons. The van der Waals surface area contributed by atoms with Crippen molar-refractivity contribution in [2.24, 2.45) is 23.2 Å². The molecule has 5 heteroatoms. The Morgan fingerprint density at radius 1 is 0.738 bits per heavy atom. The maximum atomic E-state index is 13.5. The number of carbonyl (C=O) groups is 1. The van der Waals surface area contributed by atoms with Crippen LogP contribution in [-0.4, -0.2) is 35.6 Å². The van der Waals surface area contributed by atoms with Gasteiger partial charge in [0, 0.05) is 18.4 Å². The van der Waals surface area contributed by atoms with Gasteiger partial charge in [-0.1, -0.05) is 122 Å². The minimum atomic E-state index is -2.00. The number of carbonyl (C=O) groups excluding carboxylic acids is 1. The van der Waals surface area contributed by atoms with E-state index < -0.39 is 16.6 Å². The lowest BCUT2D eigenvalue weighted by Crippen LogP contribution is -2.48. The van der Waals surface area contributed by atoms with Gasteiger partial charge in [-0.15, -0.1) is 0 Å². The molecule has 2 rings (SSSR count). The molecule has 0 bridgehead atoms. The van der Waals surface area contributed by atoms with Gasteiger partial charge in [-0.2, -0.15) is 0 Å². The number of Topliss-reactive ketones (excluding diaryl/α,β-unsaturated/α-hetero) is 1. The van der Waals surface area contributed by atoms with Crippen LogP contribution >= 0.6 is 0 Å². The quantitative estimate of drug-likeness (QED) is 0.104. The Bertz CT molecular complexity index is 928. The van der Waals surface area contributed by atoms with Gasteiger partial charge < -0.3 is 8.85 Å². The summed E-state index contributed by atoms with van der Waals surface area (Å²) in [6, 6.07) is 0. The van der Waals surface area contributed by atoms with Gasteiger partial charge in [0.15, 0.2) is 14.1 Å². The minimum Gasteiger partial charge on any atom is -0.416 e. The van der Waals surface area contributed by atoms with Crippen LogP contribution in [0.3, 0.4) is 0 Å². The monoisotopic (exact) mass is 618 g/mol. The third kappa shape index (κ3) is 7.31. The Hall–Kier alpha value is -0.496. The molecule has 0 unspecified atom stereocenters. The summed E-state index contributed by atoms with van der Waals surface area (Å²) in [7, 11) is -3.95. The zero-order valence-electron chi connectivity index (χ0n) is 30.7. The molecule has 3 nitrogen and oxygen atoms in total. The lowest BCUT2D eigenvalue weighted by atomic mass is 9.78. The summed E-state index contributed by atoms with van der Waals surface area (Å²) in [6.07, 6.45) is 6.26. The molecule has 0 aromatic rings. The summed E-state index contributed by atoms with van der Waals surface area (Å²) in [5.41, 5.74) is 7.40. The first kappa shape index (κ1) is 37.7. The van der Waals surface area contributed by atoms with Gasteiger partial charge in [0.05, 0.1) is 6.61 Å². The summed E-state index contributed by atoms with van der Waals surface area (Å²) >= 11 is 0. The third-order valence-electron chi connectivity index (χ3n) is 11.7. The van der Waals surface area contributed by atoms with E-state index in [1.807, 2.05) is 0 Å². The smallest absolute Gasteiger partial charge is 0.200 e. The fourth-order valence-electron chi connectivity index (χ4n) is 9.62. The maximum Gasteiger partial charge on any atom is 0.200 e. The molecular weight excluding hydrogens is 549 g/mol. The largest absolute Gasteiger partial charge is 0.416 e. The van der Waals surface area contributed by atoms with Crippen LogP contribution in [0.15, 0.2) is 22.8 Å². The van der Waals surface area contributed by atoms with Gasteiger partial charge >= 0.3 is 0 Å². The normalized spacial score (nSPS) is 24.5. The molecule has 42 heavy (non-hydrogen) atoms. The number of hydrogen-bond donors (Lipinski definition) is 0. The molecule has 0 spiro atoms. The molecule has 244 valence electrons. The van der Waals surface area contributed by atoms with Gasteiger partial charge in [-0.05, 0) is 81.4 Å². The van der Waals surface area contributed by atoms with Gasteiger partial charge in [0.25, 0.3) is 0 Å². The number of hydrogen-bond acceptors (Lipinski definition) is 3. The van der Waals surface area contributed by atoms with Gasteiger partial charge in [-0.3, -0.25) is 4.79 Å². The van der Waals surface area contributed by atoms with Crippen LogP contribution in [0.25, 0.3) is 0 Å². The summed E-state index contributed by atoms with van der Waals surface area (Å²) in [4.78, 5) is 13.5. The van der Waals surface area contributed by atoms with E-state index in [-0.39, 0.29) is 11.3 Å². The highest BCUT2D eigenvalue weighted by atomic mass is 28.4. The van der Waals surface area contributed by atoms with E-state index in [9.17, 15) is 4.79 Å². The lowest BCUT2D eigenvalue weighted by Gasteiger charge is -2.43.